The molecule has 1 atom stereocenters. The van der Waals surface area contributed by atoms with Crippen LogP contribution in [-0.4, -0.2) is 54.9 Å². The minimum atomic E-state index is -0.577. The summed E-state index contributed by atoms with van der Waals surface area (Å²) in [6, 6.07) is 7.51. The number of guanidine groups is 1. The standard InChI is InChI=1S/C18H28N6O2.HI/c1-2-24-9-3-4-15(24)11-23-18(20)22-10-13-5-7-14(8-6-13)17(26)21-12-16(19)25;/h5-8,15H,2-4,9-12H2,1H3,(H2,19,25)(H,21,26)(H3,20,22,23);1H. The van der Waals surface area contributed by atoms with Gasteiger partial charge in [-0.1, -0.05) is 19.1 Å². The van der Waals surface area contributed by atoms with Gasteiger partial charge in [0, 0.05) is 18.2 Å². The van der Waals surface area contributed by atoms with Crippen LogP contribution in [0, 0.1) is 0 Å². The van der Waals surface area contributed by atoms with Crippen molar-refractivity contribution in [2.45, 2.75) is 32.4 Å². The van der Waals surface area contributed by atoms with E-state index in [2.05, 4.69) is 27.4 Å². The number of nitrogens with two attached hydrogens (primary N) is 2. The molecule has 2 rings (SSSR count). The van der Waals surface area contributed by atoms with Gasteiger partial charge in [-0.25, -0.2) is 4.99 Å². The molecule has 27 heavy (non-hydrogen) atoms. The van der Waals surface area contributed by atoms with Crippen molar-refractivity contribution in [1.82, 2.24) is 15.5 Å². The smallest absolute Gasteiger partial charge is 0.251 e. The molecule has 1 aromatic rings. The highest BCUT2D eigenvalue weighted by Gasteiger charge is 2.22. The quantitative estimate of drug-likeness (QED) is 0.240. The molecule has 0 bridgehead atoms. The van der Waals surface area contributed by atoms with Crippen molar-refractivity contribution in [3.05, 3.63) is 35.4 Å². The number of amides is 2. The average Bonchev–Trinajstić information content (AvgIpc) is 3.10. The van der Waals surface area contributed by atoms with E-state index in [1.54, 1.807) is 12.1 Å². The summed E-state index contributed by atoms with van der Waals surface area (Å²) in [6.07, 6.45) is 2.42. The van der Waals surface area contributed by atoms with Gasteiger partial charge in [-0.05, 0) is 43.6 Å². The first-order valence-corrected chi connectivity index (χ1v) is 8.93. The summed E-state index contributed by atoms with van der Waals surface area (Å²) in [5, 5.41) is 5.64. The number of nitrogens with one attached hydrogen (secondary N) is 2. The molecular weight excluding hydrogens is 459 g/mol. The summed E-state index contributed by atoms with van der Waals surface area (Å²) >= 11 is 0. The van der Waals surface area contributed by atoms with Crippen LogP contribution in [0.15, 0.2) is 29.3 Å². The van der Waals surface area contributed by atoms with Crippen LogP contribution in [0.5, 0.6) is 0 Å². The molecule has 6 N–H and O–H groups in total. The van der Waals surface area contributed by atoms with Crippen LogP contribution < -0.4 is 22.1 Å². The first kappa shape index (κ1) is 23.2. The first-order chi connectivity index (χ1) is 12.5. The zero-order chi connectivity index (χ0) is 18.9. The number of hydrogen-bond acceptors (Lipinski definition) is 4. The highest BCUT2D eigenvalue weighted by Crippen LogP contribution is 2.15. The summed E-state index contributed by atoms with van der Waals surface area (Å²) in [5.41, 5.74) is 12.4. The van der Waals surface area contributed by atoms with Gasteiger partial charge in [-0.2, -0.15) is 0 Å². The van der Waals surface area contributed by atoms with E-state index >= 15 is 0 Å². The molecule has 1 aromatic carbocycles. The highest BCUT2D eigenvalue weighted by atomic mass is 127. The molecule has 0 aromatic heterocycles. The molecule has 0 radical (unpaired) electrons. The average molecular weight is 488 g/mol. The number of halogens is 1. The summed E-state index contributed by atoms with van der Waals surface area (Å²) < 4.78 is 0. The minimum absolute atomic E-state index is 0. The Morgan fingerprint density at radius 1 is 1.22 bits per heavy atom. The zero-order valence-electron chi connectivity index (χ0n) is 15.6. The number of likely N-dealkylation sites (N-methyl/N-ethyl adjacent to an activating group) is 1. The lowest BCUT2D eigenvalue weighted by Gasteiger charge is -2.23. The van der Waals surface area contributed by atoms with Gasteiger partial charge in [-0.3, -0.25) is 14.5 Å². The molecule has 150 valence electrons. The van der Waals surface area contributed by atoms with Crippen molar-refractivity contribution in [2.75, 3.05) is 26.2 Å². The van der Waals surface area contributed by atoms with Crippen LogP contribution >= 0.6 is 24.0 Å². The lowest BCUT2D eigenvalue weighted by Crippen LogP contribution is -2.42. The predicted molar refractivity (Wildman–Crippen MR) is 117 cm³/mol. The number of aliphatic imine (C=N–C) groups is 1. The number of nitrogens with zero attached hydrogens (tertiary/aromatic N) is 2. The second kappa shape index (κ2) is 11.8. The third-order valence-corrected chi connectivity index (χ3v) is 4.50. The Kier molecular flexibility index (Phi) is 10.1. The van der Waals surface area contributed by atoms with Crippen LogP contribution in [0.25, 0.3) is 0 Å². The number of primary amides is 1. The predicted octanol–water partition coefficient (Wildman–Crippen LogP) is 0.408. The molecule has 0 saturated carbocycles. The SMILES string of the molecule is CCN1CCCC1CNC(N)=NCc1ccc(C(=O)NCC(N)=O)cc1.I. The third kappa shape index (κ3) is 7.71. The van der Waals surface area contributed by atoms with Gasteiger partial charge in [0.05, 0.1) is 13.1 Å². The van der Waals surface area contributed by atoms with Gasteiger partial charge in [0.15, 0.2) is 5.96 Å². The molecule has 2 amide bonds. The maximum Gasteiger partial charge on any atom is 0.251 e. The normalized spacial score (nSPS) is 17.2. The van der Waals surface area contributed by atoms with E-state index in [-0.39, 0.29) is 36.4 Å². The molecule has 1 aliphatic heterocycles. The molecule has 9 heteroatoms. The molecular formula is C18H29IN6O2. The molecule has 0 aliphatic carbocycles. The summed E-state index contributed by atoms with van der Waals surface area (Å²) in [6.45, 7) is 5.45. The maximum atomic E-state index is 11.8. The van der Waals surface area contributed by atoms with E-state index in [4.69, 9.17) is 11.5 Å². The van der Waals surface area contributed by atoms with E-state index in [1.807, 2.05) is 12.1 Å². The van der Waals surface area contributed by atoms with E-state index in [0.717, 1.165) is 25.2 Å². The molecule has 1 fully saturated rings. The Morgan fingerprint density at radius 3 is 2.56 bits per heavy atom. The van der Waals surface area contributed by atoms with Crippen molar-refractivity contribution < 1.29 is 9.59 Å². The van der Waals surface area contributed by atoms with Crippen molar-refractivity contribution in [3.8, 4) is 0 Å². The number of rotatable bonds is 8. The van der Waals surface area contributed by atoms with E-state index < -0.39 is 5.91 Å². The maximum absolute atomic E-state index is 11.8. The molecule has 1 heterocycles. The van der Waals surface area contributed by atoms with Crippen molar-refractivity contribution in [1.29, 1.82) is 0 Å². The number of likely N-dealkylation sites (tertiary alicyclic amines) is 1. The Hall–Kier alpha value is -1.88. The number of hydrogen-bond donors (Lipinski definition) is 4. The van der Waals surface area contributed by atoms with Crippen LogP contribution in [-0.2, 0) is 11.3 Å². The summed E-state index contributed by atoms with van der Waals surface area (Å²) in [4.78, 5) is 29.3. The summed E-state index contributed by atoms with van der Waals surface area (Å²) in [5.74, 6) is -0.486. The van der Waals surface area contributed by atoms with E-state index in [1.165, 1.54) is 12.8 Å². The van der Waals surface area contributed by atoms with Crippen molar-refractivity contribution in [2.24, 2.45) is 16.5 Å². The highest BCUT2D eigenvalue weighted by molar-refractivity contribution is 14.0. The van der Waals surface area contributed by atoms with Gasteiger partial charge in [0.25, 0.3) is 5.91 Å². The fourth-order valence-electron chi connectivity index (χ4n) is 3.03. The van der Waals surface area contributed by atoms with Crippen LogP contribution in [0.1, 0.15) is 35.7 Å². The van der Waals surface area contributed by atoms with Crippen molar-refractivity contribution in [3.63, 3.8) is 0 Å². The molecule has 1 aliphatic rings. The fraction of sp³-hybridized carbons (Fsp3) is 0.500. The van der Waals surface area contributed by atoms with Crippen LogP contribution in [0.2, 0.25) is 0 Å². The van der Waals surface area contributed by atoms with Gasteiger partial charge in [0.1, 0.15) is 0 Å². The van der Waals surface area contributed by atoms with Gasteiger partial charge >= 0.3 is 0 Å². The monoisotopic (exact) mass is 488 g/mol. The van der Waals surface area contributed by atoms with E-state index in [9.17, 15) is 9.59 Å². The molecule has 8 nitrogen and oxygen atoms in total. The topological polar surface area (TPSA) is 126 Å². The molecule has 1 unspecified atom stereocenters. The summed E-state index contributed by atoms with van der Waals surface area (Å²) in [7, 11) is 0. The van der Waals surface area contributed by atoms with Gasteiger partial charge in [-0.15, -0.1) is 24.0 Å². The zero-order valence-corrected chi connectivity index (χ0v) is 17.9. The Labute approximate surface area is 177 Å². The minimum Gasteiger partial charge on any atom is -0.370 e. The fourth-order valence-corrected chi connectivity index (χ4v) is 3.03. The van der Waals surface area contributed by atoms with Gasteiger partial charge < -0.3 is 22.1 Å². The van der Waals surface area contributed by atoms with Crippen molar-refractivity contribution >= 4 is 41.8 Å². The lowest BCUT2D eigenvalue weighted by molar-refractivity contribution is -0.117. The number of carbonyl (C=O) groups excluding carboxylic acids is 2. The third-order valence-electron chi connectivity index (χ3n) is 4.50. The lowest BCUT2D eigenvalue weighted by atomic mass is 10.1. The first-order valence-electron chi connectivity index (χ1n) is 8.93. The largest absolute Gasteiger partial charge is 0.370 e. The second-order valence-corrected chi connectivity index (χ2v) is 6.35. The number of benzene rings is 1. The number of carbonyl (C=O) groups is 2. The Bertz CT molecular complexity index is 650. The Balaban J connectivity index is 0.00000364. The van der Waals surface area contributed by atoms with Crippen LogP contribution in [0.4, 0.5) is 0 Å². The second-order valence-electron chi connectivity index (χ2n) is 6.35. The Morgan fingerprint density at radius 2 is 1.93 bits per heavy atom. The van der Waals surface area contributed by atoms with Crippen LogP contribution in [0.3, 0.4) is 0 Å². The van der Waals surface area contributed by atoms with Gasteiger partial charge in [0.2, 0.25) is 5.91 Å². The molecule has 0 spiro atoms. The van der Waals surface area contributed by atoms with E-state index in [0.29, 0.717) is 24.1 Å². The molecule has 1 saturated heterocycles.